The summed E-state index contributed by atoms with van der Waals surface area (Å²) in [7, 11) is 5.89. The molecule has 0 N–H and O–H groups in total. The van der Waals surface area contributed by atoms with Gasteiger partial charge < -0.3 is 33.3 Å². The van der Waals surface area contributed by atoms with Gasteiger partial charge >= 0.3 is 11.9 Å². The number of aliphatic carboxylic acids is 1. The van der Waals surface area contributed by atoms with Gasteiger partial charge in [0.2, 0.25) is 0 Å². The van der Waals surface area contributed by atoms with Gasteiger partial charge in [-0.3, -0.25) is 9.59 Å². The number of carboxylic acids is 1. The van der Waals surface area contributed by atoms with Crippen LogP contribution in [0.3, 0.4) is 0 Å². The smallest absolute Gasteiger partial charge is 0.306 e. The number of unbranched alkanes of at least 4 members (excludes halogenated alkanes) is 18. The molecule has 0 heterocycles. The van der Waals surface area contributed by atoms with Crippen molar-refractivity contribution in [1.29, 1.82) is 0 Å². The van der Waals surface area contributed by atoms with Crippen LogP contribution < -0.4 is 5.11 Å². The minimum absolute atomic E-state index is 0.152. The number of hydrogen-bond donors (Lipinski definition) is 0. The molecule has 0 amide bonds. The monoisotopic (exact) mass is 644 g/mol. The molecule has 45 heavy (non-hydrogen) atoms. The Morgan fingerprint density at radius 2 is 1.00 bits per heavy atom. The largest absolute Gasteiger partial charge is 0.545 e. The van der Waals surface area contributed by atoms with Gasteiger partial charge in [0, 0.05) is 12.8 Å². The van der Waals surface area contributed by atoms with Crippen molar-refractivity contribution in [2.45, 2.75) is 167 Å². The van der Waals surface area contributed by atoms with Crippen LogP contribution in [0.2, 0.25) is 0 Å². The normalized spacial score (nSPS) is 13.0. The molecule has 0 radical (unpaired) electrons. The molecule has 0 aromatic rings. The van der Waals surface area contributed by atoms with E-state index in [0.29, 0.717) is 17.4 Å². The second-order valence-electron chi connectivity index (χ2n) is 13.5. The lowest BCUT2D eigenvalue weighted by molar-refractivity contribution is -0.870. The summed E-state index contributed by atoms with van der Waals surface area (Å²) in [6.45, 7) is 4.69. The number of carbonyl (C=O) groups excluding carboxylic acids is 3. The number of likely N-dealkylation sites (N-methyl/N-ethyl adjacent to an activating group) is 1. The van der Waals surface area contributed by atoms with Crippen molar-refractivity contribution in [1.82, 2.24) is 0 Å². The van der Waals surface area contributed by atoms with E-state index in [1.54, 1.807) is 0 Å². The Kier molecular flexibility index (Phi) is 28.5. The van der Waals surface area contributed by atoms with E-state index < -0.39 is 24.3 Å². The van der Waals surface area contributed by atoms with Crippen molar-refractivity contribution in [3.8, 4) is 0 Å². The molecule has 0 aromatic heterocycles. The zero-order valence-corrected chi connectivity index (χ0v) is 29.8. The summed E-state index contributed by atoms with van der Waals surface area (Å²) in [6, 6.07) is 0. The third-order valence-electron chi connectivity index (χ3n) is 7.85. The van der Waals surface area contributed by atoms with Gasteiger partial charge in [-0.1, -0.05) is 129 Å². The van der Waals surface area contributed by atoms with Gasteiger partial charge in [-0.2, -0.15) is 0 Å². The molecule has 0 rings (SSSR count). The fraction of sp³-hybridized carbons (Fsp3) is 0.917. The van der Waals surface area contributed by atoms with E-state index >= 15 is 0 Å². The number of rotatable bonds is 33. The molecule has 0 aliphatic rings. The zero-order chi connectivity index (χ0) is 33.6. The first-order valence-corrected chi connectivity index (χ1v) is 18.2. The van der Waals surface area contributed by atoms with E-state index in [-0.39, 0.29) is 32.2 Å². The van der Waals surface area contributed by atoms with Crippen molar-refractivity contribution in [3.05, 3.63) is 0 Å². The number of ether oxygens (including phenoxy) is 4. The third-order valence-corrected chi connectivity index (χ3v) is 7.85. The lowest BCUT2D eigenvalue weighted by Gasteiger charge is -2.26. The van der Waals surface area contributed by atoms with Gasteiger partial charge in [0.15, 0.2) is 12.4 Å². The fourth-order valence-electron chi connectivity index (χ4n) is 4.95. The predicted molar refractivity (Wildman–Crippen MR) is 177 cm³/mol. The van der Waals surface area contributed by atoms with Crippen LogP contribution in [-0.2, 0) is 33.3 Å². The van der Waals surface area contributed by atoms with E-state index in [9.17, 15) is 19.5 Å². The molecule has 0 aromatic carbocycles. The van der Waals surface area contributed by atoms with Crippen LogP contribution in [0.5, 0.6) is 0 Å². The number of esters is 2. The third kappa shape index (κ3) is 30.7. The SMILES string of the molecule is CCCCCCCCCCCCCC(=O)OC(COC(=O)CCCCCCCCCCC)COC(OCC[N+](C)(C)C)C(=O)[O-]. The van der Waals surface area contributed by atoms with E-state index in [0.717, 1.165) is 38.5 Å². The Hall–Kier alpha value is -1.71. The van der Waals surface area contributed by atoms with Crippen LogP contribution >= 0.6 is 0 Å². The second-order valence-corrected chi connectivity index (χ2v) is 13.5. The molecule has 0 aliphatic heterocycles. The summed E-state index contributed by atoms with van der Waals surface area (Å²) in [5, 5.41) is 11.6. The van der Waals surface area contributed by atoms with E-state index in [1.165, 1.54) is 89.9 Å². The summed E-state index contributed by atoms with van der Waals surface area (Å²) >= 11 is 0. The van der Waals surface area contributed by atoms with Gasteiger partial charge in [0.05, 0.1) is 40.3 Å². The molecule has 0 bridgehead atoms. The van der Waals surface area contributed by atoms with Crippen molar-refractivity contribution in [2.75, 3.05) is 47.5 Å². The highest BCUT2D eigenvalue weighted by molar-refractivity contribution is 5.70. The maximum atomic E-state index is 12.6. The van der Waals surface area contributed by atoms with E-state index in [2.05, 4.69) is 13.8 Å². The first-order valence-electron chi connectivity index (χ1n) is 18.2. The molecule has 0 saturated heterocycles. The van der Waals surface area contributed by atoms with Crippen LogP contribution in [0.25, 0.3) is 0 Å². The molecule has 2 unspecified atom stereocenters. The maximum absolute atomic E-state index is 12.6. The van der Waals surface area contributed by atoms with Crippen LogP contribution in [0.4, 0.5) is 0 Å². The molecule has 0 spiro atoms. The summed E-state index contributed by atoms with van der Waals surface area (Å²) in [4.78, 5) is 36.6. The molecular weight excluding hydrogens is 574 g/mol. The zero-order valence-electron chi connectivity index (χ0n) is 29.8. The molecule has 0 saturated carbocycles. The molecule has 9 heteroatoms. The molecule has 9 nitrogen and oxygen atoms in total. The van der Waals surface area contributed by atoms with E-state index in [1.807, 2.05) is 21.1 Å². The summed E-state index contributed by atoms with van der Waals surface area (Å²) in [5.74, 6) is -2.28. The number of nitrogens with zero attached hydrogens (tertiary/aromatic N) is 1. The van der Waals surface area contributed by atoms with Crippen molar-refractivity contribution < 1.29 is 42.9 Å². The highest BCUT2D eigenvalue weighted by Crippen LogP contribution is 2.14. The summed E-state index contributed by atoms with van der Waals surface area (Å²) in [6.07, 6.45) is 21.4. The van der Waals surface area contributed by atoms with Crippen molar-refractivity contribution in [3.63, 3.8) is 0 Å². The maximum Gasteiger partial charge on any atom is 0.306 e. The number of carbonyl (C=O) groups is 3. The lowest BCUT2D eigenvalue weighted by Crippen LogP contribution is -2.44. The number of carboxylic acid groups (broad SMARTS) is 1. The molecule has 2 atom stereocenters. The standard InChI is InChI=1S/C36H69NO8/c1-6-8-10-12-14-16-17-19-21-23-25-27-34(39)45-32(31-44-36(35(40)41)42-29-28-37(3,4)5)30-43-33(38)26-24-22-20-18-15-13-11-9-7-2/h32,36H,6-31H2,1-5H3. The lowest BCUT2D eigenvalue weighted by atomic mass is 10.1. The molecule has 0 fully saturated rings. The van der Waals surface area contributed by atoms with Crippen molar-refractivity contribution in [2.24, 2.45) is 0 Å². The average molecular weight is 644 g/mol. The van der Waals surface area contributed by atoms with Gasteiger partial charge in [-0.25, -0.2) is 0 Å². The Balaban J connectivity index is 4.57. The molecule has 0 aliphatic carbocycles. The highest BCUT2D eigenvalue weighted by atomic mass is 16.7. The topological polar surface area (TPSA) is 111 Å². The summed E-state index contributed by atoms with van der Waals surface area (Å²) < 4.78 is 22.4. The molecular formula is C36H69NO8. The van der Waals surface area contributed by atoms with Crippen LogP contribution in [0.15, 0.2) is 0 Å². The molecule has 266 valence electrons. The second kappa shape index (κ2) is 29.7. The Morgan fingerprint density at radius 3 is 1.42 bits per heavy atom. The van der Waals surface area contributed by atoms with E-state index in [4.69, 9.17) is 18.9 Å². The predicted octanol–water partition coefficient (Wildman–Crippen LogP) is 6.88. The first kappa shape index (κ1) is 43.3. The number of hydrogen-bond acceptors (Lipinski definition) is 8. The minimum atomic E-state index is -1.61. The Morgan fingerprint density at radius 1 is 0.578 bits per heavy atom. The van der Waals surface area contributed by atoms with Gasteiger partial charge in [-0.05, 0) is 12.8 Å². The minimum Gasteiger partial charge on any atom is -0.545 e. The van der Waals surface area contributed by atoms with Crippen LogP contribution in [0.1, 0.15) is 155 Å². The van der Waals surface area contributed by atoms with Crippen molar-refractivity contribution >= 4 is 17.9 Å². The number of quaternary nitrogens is 1. The Bertz CT molecular complexity index is 724. The van der Waals surface area contributed by atoms with Gasteiger partial charge in [0.25, 0.3) is 0 Å². The Labute approximate surface area is 275 Å². The van der Waals surface area contributed by atoms with Crippen LogP contribution in [0, 0.1) is 0 Å². The first-order chi connectivity index (χ1) is 21.6. The van der Waals surface area contributed by atoms with Crippen LogP contribution in [-0.4, -0.2) is 82.3 Å². The summed E-state index contributed by atoms with van der Waals surface area (Å²) in [5.41, 5.74) is 0. The fourth-order valence-corrected chi connectivity index (χ4v) is 4.95. The quantitative estimate of drug-likeness (QED) is 0.0329. The van der Waals surface area contributed by atoms with Gasteiger partial charge in [0.1, 0.15) is 13.2 Å². The van der Waals surface area contributed by atoms with Gasteiger partial charge in [-0.15, -0.1) is 0 Å². The highest BCUT2D eigenvalue weighted by Gasteiger charge is 2.21. The average Bonchev–Trinajstić information content (AvgIpc) is 2.98.